The van der Waals surface area contributed by atoms with E-state index in [4.69, 9.17) is 25.9 Å². The van der Waals surface area contributed by atoms with E-state index >= 15 is 0 Å². The first-order chi connectivity index (χ1) is 21.0. The molecule has 0 fully saturated rings. The molecule has 0 aliphatic carbocycles. The maximum atomic E-state index is 13.6. The summed E-state index contributed by atoms with van der Waals surface area (Å²) in [5, 5.41) is 13.4. The molecule has 0 spiro atoms. The van der Waals surface area contributed by atoms with E-state index < -0.39 is 11.4 Å². The highest BCUT2D eigenvalue weighted by molar-refractivity contribution is 6.31. The fourth-order valence-corrected chi connectivity index (χ4v) is 3.50. The van der Waals surface area contributed by atoms with Gasteiger partial charge in [0.25, 0.3) is 0 Å². The predicted molar refractivity (Wildman–Crippen MR) is 178 cm³/mol. The van der Waals surface area contributed by atoms with Gasteiger partial charge in [-0.05, 0) is 57.1 Å². The topological polar surface area (TPSA) is 109 Å². The Morgan fingerprint density at radius 3 is 2.36 bits per heavy atom. The van der Waals surface area contributed by atoms with E-state index in [0.29, 0.717) is 49.1 Å². The van der Waals surface area contributed by atoms with Crippen LogP contribution in [0, 0.1) is 11.7 Å². The fourth-order valence-electron chi connectivity index (χ4n) is 3.32. The third kappa shape index (κ3) is 16.1. The predicted octanol–water partition coefficient (Wildman–Crippen LogP) is 7.09. The molecule has 244 valence electrons. The Morgan fingerprint density at radius 2 is 1.75 bits per heavy atom. The van der Waals surface area contributed by atoms with Gasteiger partial charge in [0.15, 0.2) is 6.29 Å². The number of hydrogen-bond acceptors (Lipinski definition) is 9. The van der Waals surface area contributed by atoms with Gasteiger partial charge < -0.3 is 30.7 Å². The number of halogens is 4. The SMILES string of the molecule is C=C(CNC)Nc1cc2c(Nc3ccc(F)c(Cl)c3)ncnc2cc1OCCCCOCCNC.CC(C)C.O=CC(F)Cl. The highest BCUT2D eigenvalue weighted by atomic mass is 35.5. The molecular formula is C31H44Cl2F2N6O3. The first kappa shape index (κ1) is 38.9. The quantitative estimate of drug-likeness (QED) is 0.0730. The summed E-state index contributed by atoms with van der Waals surface area (Å²) in [6.45, 7) is 13.9. The number of likely N-dealkylation sites (N-methyl/N-ethyl adjacent to an activating group) is 2. The summed E-state index contributed by atoms with van der Waals surface area (Å²) in [4.78, 5) is 17.8. The second-order valence-corrected chi connectivity index (χ2v) is 10.9. The molecule has 0 radical (unpaired) electrons. The molecule has 3 rings (SSSR count). The first-order valence-electron chi connectivity index (χ1n) is 14.2. The van der Waals surface area contributed by atoms with Crippen LogP contribution in [0.3, 0.4) is 0 Å². The summed E-state index contributed by atoms with van der Waals surface area (Å²) in [6, 6.07) is 8.21. The third-order valence-electron chi connectivity index (χ3n) is 5.16. The molecule has 4 N–H and O–H groups in total. The van der Waals surface area contributed by atoms with Crippen molar-refractivity contribution in [3.05, 3.63) is 59.8 Å². The van der Waals surface area contributed by atoms with Crippen molar-refractivity contribution in [2.45, 2.75) is 39.2 Å². The zero-order valence-electron chi connectivity index (χ0n) is 26.0. The van der Waals surface area contributed by atoms with Crippen LogP contribution in [0.25, 0.3) is 10.9 Å². The highest BCUT2D eigenvalue weighted by Gasteiger charge is 2.13. The van der Waals surface area contributed by atoms with Gasteiger partial charge in [0.05, 0.1) is 29.4 Å². The number of unbranched alkanes of at least 4 members (excludes halogenated alkanes) is 1. The molecule has 1 atom stereocenters. The summed E-state index contributed by atoms with van der Waals surface area (Å²) < 4.78 is 36.1. The standard InChI is InChI=1S/C25H32ClFN6O2.C4H10.C2H2ClFO/c1-17(15-29-3)32-23-13-19-22(14-24(23)35-10-5-4-9-34-11-8-28-2)30-16-31-25(19)33-18-6-7-21(27)20(26)12-18;1-4(2)3;3-2(4)1-5/h6-7,12-14,16,28-29,32H,1,4-5,8-11,15H2,2-3H3,(H,30,31,33);4H,1-3H3;1-2H. The number of ether oxygens (including phenoxy) is 2. The Balaban J connectivity index is 0.000000944. The number of aromatic nitrogens is 2. The molecule has 1 aromatic heterocycles. The Hall–Kier alpha value is -3.09. The summed E-state index contributed by atoms with van der Waals surface area (Å²) in [5.41, 5.74) is 1.02. The first-order valence-corrected chi connectivity index (χ1v) is 15.0. The number of nitrogens with zero attached hydrogens (tertiary/aromatic N) is 2. The molecule has 13 heteroatoms. The van der Waals surface area contributed by atoms with Gasteiger partial charge in [0, 0.05) is 42.5 Å². The lowest BCUT2D eigenvalue weighted by molar-refractivity contribution is -0.109. The number of carbonyl (C=O) groups excluding carboxylic acids is 1. The number of rotatable bonds is 16. The lowest BCUT2D eigenvalue weighted by Gasteiger charge is -2.17. The molecule has 0 saturated heterocycles. The molecule has 3 aromatic rings. The van der Waals surface area contributed by atoms with Crippen molar-refractivity contribution in [1.29, 1.82) is 0 Å². The monoisotopic (exact) mass is 656 g/mol. The Bertz CT molecular complexity index is 1280. The van der Waals surface area contributed by atoms with Gasteiger partial charge in [-0.3, -0.25) is 4.79 Å². The zero-order chi connectivity index (χ0) is 32.9. The normalized spacial score (nSPS) is 11.1. The van der Waals surface area contributed by atoms with Crippen LogP contribution >= 0.6 is 23.2 Å². The van der Waals surface area contributed by atoms with Gasteiger partial charge in [-0.1, -0.05) is 50.6 Å². The van der Waals surface area contributed by atoms with Crippen molar-refractivity contribution < 1.29 is 23.0 Å². The second-order valence-electron chi connectivity index (χ2n) is 10.1. The van der Waals surface area contributed by atoms with E-state index in [0.717, 1.165) is 42.1 Å². The van der Waals surface area contributed by atoms with Gasteiger partial charge in [-0.15, -0.1) is 0 Å². The van der Waals surface area contributed by atoms with Gasteiger partial charge in [-0.2, -0.15) is 0 Å². The van der Waals surface area contributed by atoms with Crippen molar-refractivity contribution in [3.8, 4) is 5.75 Å². The fraction of sp³-hybridized carbons (Fsp3) is 0.452. The van der Waals surface area contributed by atoms with Gasteiger partial charge in [-0.25, -0.2) is 18.7 Å². The van der Waals surface area contributed by atoms with Gasteiger partial charge in [0.1, 0.15) is 23.7 Å². The molecule has 0 aliphatic rings. The number of carbonyl (C=O) groups is 1. The van der Waals surface area contributed by atoms with E-state index in [1.807, 2.05) is 26.2 Å². The van der Waals surface area contributed by atoms with E-state index in [2.05, 4.69) is 70.2 Å². The average Bonchev–Trinajstić information content (AvgIpc) is 2.97. The minimum atomic E-state index is -1.82. The highest BCUT2D eigenvalue weighted by Crippen LogP contribution is 2.34. The van der Waals surface area contributed by atoms with Gasteiger partial charge >= 0.3 is 0 Å². The lowest BCUT2D eigenvalue weighted by Crippen LogP contribution is -2.15. The van der Waals surface area contributed by atoms with Crippen LogP contribution in [-0.2, 0) is 9.53 Å². The molecular weight excluding hydrogens is 613 g/mol. The molecule has 9 nitrogen and oxygen atoms in total. The van der Waals surface area contributed by atoms with Crippen LogP contribution in [-0.4, -0.2) is 68.9 Å². The average molecular weight is 658 g/mol. The van der Waals surface area contributed by atoms with Crippen LogP contribution < -0.4 is 26.0 Å². The van der Waals surface area contributed by atoms with Crippen molar-refractivity contribution in [2.24, 2.45) is 5.92 Å². The number of benzene rings is 2. The smallest absolute Gasteiger partial charge is 0.228 e. The maximum absolute atomic E-state index is 13.6. The van der Waals surface area contributed by atoms with Crippen LogP contribution in [0.5, 0.6) is 5.75 Å². The molecule has 1 heterocycles. The lowest BCUT2D eigenvalue weighted by atomic mass is 10.1. The van der Waals surface area contributed by atoms with Crippen LogP contribution in [0.4, 0.5) is 26.0 Å². The second kappa shape index (κ2) is 22.4. The molecule has 1 unspecified atom stereocenters. The van der Waals surface area contributed by atoms with Crippen molar-refractivity contribution >= 4 is 57.6 Å². The minimum Gasteiger partial charge on any atom is -0.491 e. The van der Waals surface area contributed by atoms with Crippen molar-refractivity contribution in [2.75, 3.05) is 57.6 Å². The number of anilines is 3. The molecule has 0 amide bonds. The summed E-state index contributed by atoms with van der Waals surface area (Å²) in [7, 11) is 3.76. The van der Waals surface area contributed by atoms with Crippen LogP contribution in [0.15, 0.2) is 48.9 Å². The summed E-state index contributed by atoms with van der Waals surface area (Å²) in [5.74, 6) is 1.58. The van der Waals surface area contributed by atoms with Gasteiger partial charge in [0.2, 0.25) is 5.63 Å². The zero-order valence-corrected chi connectivity index (χ0v) is 27.5. The molecule has 0 aliphatic heterocycles. The van der Waals surface area contributed by atoms with Crippen LogP contribution in [0.2, 0.25) is 5.02 Å². The van der Waals surface area contributed by atoms with E-state index in [1.165, 1.54) is 18.5 Å². The number of nitrogens with one attached hydrogen (secondary N) is 4. The third-order valence-corrected chi connectivity index (χ3v) is 5.55. The Kier molecular flexibility index (Phi) is 19.8. The Labute approximate surface area is 269 Å². The Morgan fingerprint density at radius 1 is 1.07 bits per heavy atom. The summed E-state index contributed by atoms with van der Waals surface area (Å²) in [6.07, 6.45) is 3.25. The van der Waals surface area contributed by atoms with E-state index in [1.54, 1.807) is 6.07 Å². The maximum Gasteiger partial charge on any atom is 0.228 e. The molecule has 0 bridgehead atoms. The molecule has 2 aromatic carbocycles. The van der Waals surface area contributed by atoms with Crippen molar-refractivity contribution in [1.82, 2.24) is 20.6 Å². The number of hydrogen-bond donors (Lipinski definition) is 4. The minimum absolute atomic E-state index is 0.0154. The largest absolute Gasteiger partial charge is 0.491 e. The number of alkyl halides is 2. The van der Waals surface area contributed by atoms with Crippen LogP contribution in [0.1, 0.15) is 33.6 Å². The van der Waals surface area contributed by atoms with E-state index in [9.17, 15) is 8.78 Å². The number of fused-ring (bicyclic) bond motifs is 1. The van der Waals surface area contributed by atoms with Crippen molar-refractivity contribution in [3.63, 3.8) is 0 Å². The summed E-state index contributed by atoms with van der Waals surface area (Å²) >= 11 is 10.4. The van der Waals surface area contributed by atoms with E-state index in [-0.39, 0.29) is 11.3 Å². The number of aldehydes is 1. The molecule has 44 heavy (non-hydrogen) atoms. The molecule has 0 saturated carbocycles.